The molecule has 1 fully saturated rings. The Morgan fingerprint density at radius 2 is 2.26 bits per heavy atom. The number of likely N-dealkylation sites (tertiary alicyclic amines) is 1. The van der Waals surface area contributed by atoms with Crippen molar-refractivity contribution in [3.05, 3.63) is 23.9 Å². The summed E-state index contributed by atoms with van der Waals surface area (Å²) in [5.74, 6) is 1.05. The highest BCUT2D eigenvalue weighted by atomic mass is 16.1. The van der Waals surface area contributed by atoms with Gasteiger partial charge in [0.25, 0.3) is 5.91 Å². The molecule has 104 valence electrons. The van der Waals surface area contributed by atoms with Crippen molar-refractivity contribution in [1.29, 1.82) is 0 Å². The zero-order valence-corrected chi connectivity index (χ0v) is 11.4. The van der Waals surface area contributed by atoms with Crippen molar-refractivity contribution in [3.63, 3.8) is 0 Å². The molecule has 0 spiro atoms. The summed E-state index contributed by atoms with van der Waals surface area (Å²) >= 11 is 0. The quantitative estimate of drug-likeness (QED) is 0.853. The number of hydrogen-bond donors (Lipinski definition) is 2. The smallest absolute Gasteiger partial charge is 0.251 e. The van der Waals surface area contributed by atoms with Crippen molar-refractivity contribution in [2.75, 3.05) is 32.4 Å². The molecule has 1 saturated heterocycles. The first kappa shape index (κ1) is 13.8. The number of hydrogen-bond acceptors (Lipinski definition) is 4. The van der Waals surface area contributed by atoms with Gasteiger partial charge in [-0.15, -0.1) is 0 Å². The first-order valence-electron chi connectivity index (χ1n) is 6.83. The van der Waals surface area contributed by atoms with Crippen LogP contribution in [0.4, 0.5) is 5.82 Å². The van der Waals surface area contributed by atoms with Crippen LogP contribution in [0.15, 0.2) is 18.3 Å². The minimum absolute atomic E-state index is 0.0676. The summed E-state index contributed by atoms with van der Waals surface area (Å²) in [7, 11) is 2.16. The van der Waals surface area contributed by atoms with E-state index in [4.69, 9.17) is 5.73 Å². The molecule has 19 heavy (non-hydrogen) atoms. The predicted molar refractivity (Wildman–Crippen MR) is 75.8 cm³/mol. The van der Waals surface area contributed by atoms with Crippen LogP contribution in [0, 0.1) is 5.92 Å². The fourth-order valence-corrected chi connectivity index (χ4v) is 2.43. The molecule has 1 aromatic heterocycles. The summed E-state index contributed by atoms with van der Waals surface area (Å²) in [5, 5.41) is 2.95. The van der Waals surface area contributed by atoms with Crippen LogP contribution in [0.1, 0.15) is 29.6 Å². The lowest BCUT2D eigenvalue weighted by molar-refractivity contribution is 0.0949. The summed E-state index contributed by atoms with van der Waals surface area (Å²) in [5.41, 5.74) is 6.14. The SMILES string of the molecule is CN1CCC(CCNC(=O)c2ccnc(N)c2)CC1. The second-order valence-electron chi connectivity index (χ2n) is 5.26. The molecule has 0 aromatic carbocycles. The Morgan fingerprint density at radius 1 is 1.53 bits per heavy atom. The number of amides is 1. The Hall–Kier alpha value is -1.62. The zero-order chi connectivity index (χ0) is 13.7. The standard InChI is InChI=1S/C14H22N4O/c1-18-8-4-11(5-9-18)2-6-17-14(19)12-3-7-16-13(15)10-12/h3,7,10-11H,2,4-6,8-9H2,1H3,(H2,15,16)(H,17,19). The molecule has 3 N–H and O–H groups in total. The first-order chi connectivity index (χ1) is 9.15. The Labute approximate surface area is 114 Å². The number of nitrogens with zero attached hydrogens (tertiary/aromatic N) is 2. The van der Waals surface area contributed by atoms with Crippen molar-refractivity contribution in [2.45, 2.75) is 19.3 Å². The van der Waals surface area contributed by atoms with Gasteiger partial charge in [0.15, 0.2) is 0 Å². The van der Waals surface area contributed by atoms with E-state index in [-0.39, 0.29) is 5.91 Å². The van der Waals surface area contributed by atoms with E-state index < -0.39 is 0 Å². The summed E-state index contributed by atoms with van der Waals surface area (Å²) < 4.78 is 0. The van der Waals surface area contributed by atoms with Crippen LogP contribution in [0.5, 0.6) is 0 Å². The van der Waals surface area contributed by atoms with Gasteiger partial charge in [-0.25, -0.2) is 4.98 Å². The van der Waals surface area contributed by atoms with Crippen LogP contribution in [0.25, 0.3) is 0 Å². The largest absolute Gasteiger partial charge is 0.384 e. The second-order valence-corrected chi connectivity index (χ2v) is 5.26. The van der Waals surface area contributed by atoms with Gasteiger partial charge in [0, 0.05) is 18.3 Å². The fraction of sp³-hybridized carbons (Fsp3) is 0.571. The highest BCUT2D eigenvalue weighted by Gasteiger charge is 2.16. The maximum atomic E-state index is 11.9. The lowest BCUT2D eigenvalue weighted by atomic mass is 9.94. The topological polar surface area (TPSA) is 71.2 Å². The number of rotatable bonds is 4. The van der Waals surface area contributed by atoms with Crippen LogP contribution >= 0.6 is 0 Å². The summed E-state index contributed by atoms with van der Waals surface area (Å²) in [6.07, 6.45) is 5.07. The van der Waals surface area contributed by atoms with Gasteiger partial charge in [-0.1, -0.05) is 0 Å². The van der Waals surface area contributed by atoms with E-state index in [0.717, 1.165) is 18.9 Å². The number of piperidine rings is 1. The van der Waals surface area contributed by atoms with Gasteiger partial charge in [-0.2, -0.15) is 0 Å². The summed E-state index contributed by atoms with van der Waals surface area (Å²) in [4.78, 5) is 18.1. The van der Waals surface area contributed by atoms with Crippen molar-refractivity contribution < 1.29 is 4.79 Å². The number of nitrogens with two attached hydrogens (primary N) is 1. The van der Waals surface area contributed by atoms with E-state index in [2.05, 4.69) is 22.2 Å². The molecule has 0 radical (unpaired) electrons. The van der Waals surface area contributed by atoms with Crippen molar-refractivity contribution in [2.24, 2.45) is 5.92 Å². The van der Waals surface area contributed by atoms with Gasteiger partial charge in [0.1, 0.15) is 5.82 Å². The molecule has 5 nitrogen and oxygen atoms in total. The second kappa shape index (κ2) is 6.52. The Kier molecular flexibility index (Phi) is 4.74. The van der Waals surface area contributed by atoms with E-state index in [0.29, 0.717) is 11.4 Å². The Balaban J connectivity index is 1.72. The van der Waals surface area contributed by atoms with Gasteiger partial charge >= 0.3 is 0 Å². The molecule has 0 saturated carbocycles. The van der Waals surface area contributed by atoms with E-state index in [1.807, 2.05) is 0 Å². The van der Waals surface area contributed by atoms with Gasteiger partial charge in [0.05, 0.1) is 0 Å². The van der Waals surface area contributed by atoms with Crippen LogP contribution in [-0.4, -0.2) is 42.5 Å². The molecular formula is C14H22N4O. The molecule has 0 unspecified atom stereocenters. The number of anilines is 1. The van der Waals surface area contributed by atoms with Crippen LogP contribution in [0.2, 0.25) is 0 Å². The minimum atomic E-state index is -0.0676. The monoisotopic (exact) mass is 262 g/mol. The Bertz CT molecular complexity index is 427. The van der Waals surface area contributed by atoms with Crippen LogP contribution < -0.4 is 11.1 Å². The number of aromatic nitrogens is 1. The molecule has 0 aliphatic carbocycles. The lowest BCUT2D eigenvalue weighted by Gasteiger charge is -2.28. The fourth-order valence-electron chi connectivity index (χ4n) is 2.43. The van der Waals surface area contributed by atoms with Crippen molar-refractivity contribution in [1.82, 2.24) is 15.2 Å². The highest BCUT2D eigenvalue weighted by Crippen LogP contribution is 2.18. The molecule has 2 rings (SSSR count). The molecule has 5 heteroatoms. The lowest BCUT2D eigenvalue weighted by Crippen LogP contribution is -2.32. The molecule has 1 aromatic rings. The number of carbonyl (C=O) groups excluding carboxylic acids is 1. The summed E-state index contributed by atoms with van der Waals surface area (Å²) in [6, 6.07) is 3.28. The van der Waals surface area contributed by atoms with Crippen LogP contribution in [-0.2, 0) is 0 Å². The maximum absolute atomic E-state index is 11.9. The van der Waals surface area contributed by atoms with Gasteiger partial charge in [0.2, 0.25) is 0 Å². The zero-order valence-electron chi connectivity index (χ0n) is 11.4. The van der Waals surface area contributed by atoms with Gasteiger partial charge in [-0.3, -0.25) is 4.79 Å². The van der Waals surface area contributed by atoms with Crippen LogP contribution in [0.3, 0.4) is 0 Å². The average Bonchev–Trinajstić information content (AvgIpc) is 2.41. The molecule has 0 bridgehead atoms. The highest BCUT2D eigenvalue weighted by molar-refractivity contribution is 5.94. The number of pyridine rings is 1. The molecule has 1 aliphatic heterocycles. The normalized spacial score (nSPS) is 17.3. The number of carbonyl (C=O) groups is 1. The average molecular weight is 262 g/mol. The van der Waals surface area contributed by atoms with Gasteiger partial charge in [-0.05, 0) is 57.5 Å². The molecule has 1 aliphatic rings. The van der Waals surface area contributed by atoms with Crippen molar-refractivity contribution in [3.8, 4) is 0 Å². The molecule has 2 heterocycles. The maximum Gasteiger partial charge on any atom is 0.251 e. The Morgan fingerprint density at radius 3 is 2.95 bits per heavy atom. The third-order valence-electron chi connectivity index (χ3n) is 3.72. The summed E-state index contributed by atoms with van der Waals surface area (Å²) in [6.45, 7) is 3.06. The molecule has 0 atom stereocenters. The van der Waals surface area contributed by atoms with Crippen molar-refractivity contribution >= 4 is 11.7 Å². The predicted octanol–water partition coefficient (Wildman–Crippen LogP) is 1.13. The third kappa shape index (κ3) is 4.21. The molecular weight excluding hydrogens is 240 g/mol. The van der Waals surface area contributed by atoms with E-state index in [9.17, 15) is 4.79 Å². The van der Waals surface area contributed by atoms with Gasteiger partial charge < -0.3 is 16.0 Å². The first-order valence-corrected chi connectivity index (χ1v) is 6.83. The minimum Gasteiger partial charge on any atom is -0.384 e. The number of nitrogen functional groups attached to an aromatic ring is 1. The molecule has 1 amide bonds. The number of nitrogens with one attached hydrogen (secondary N) is 1. The third-order valence-corrected chi connectivity index (χ3v) is 3.72. The van der Waals surface area contributed by atoms with E-state index >= 15 is 0 Å². The van der Waals surface area contributed by atoms with E-state index in [1.54, 1.807) is 18.3 Å². The van der Waals surface area contributed by atoms with E-state index in [1.165, 1.54) is 25.9 Å².